The van der Waals surface area contributed by atoms with Crippen molar-refractivity contribution in [2.24, 2.45) is 0 Å². The van der Waals surface area contributed by atoms with Gasteiger partial charge in [0.2, 0.25) is 0 Å². The van der Waals surface area contributed by atoms with Crippen molar-refractivity contribution in [1.82, 2.24) is 0 Å². The lowest BCUT2D eigenvalue weighted by Gasteiger charge is -2.18. The number of allylic oxidation sites excluding steroid dienone is 14. The van der Waals surface area contributed by atoms with Crippen molar-refractivity contribution >= 4 is 17.9 Å². The molecule has 0 aliphatic carbocycles. The molecule has 0 saturated heterocycles. The Kier molecular flexibility index (Phi) is 68.2. The molecule has 0 spiro atoms. The van der Waals surface area contributed by atoms with E-state index in [-0.39, 0.29) is 31.1 Å². The zero-order valence-corrected chi connectivity index (χ0v) is 55.2. The summed E-state index contributed by atoms with van der Waals surface area (Å²) in [6.07, 6.45) is 94.7. The minimum atomic E-state index is -0.783. The molecule has 0 aliphatic rings. The summed E-state index contributed by atoms with van der Waals surface area (Å²) < 4.78 is 17.0. The van der Waals surface area contributed by atoms with Gasteiger partial charge in [-0.15, -0.1) is 0 Å². The Morgan fingerprint density at radius 2 is 0.470 bits per heavy atom. The molecular formula is C77H136O6. The van der Waals surface area contributed by atoms with E-state index in [0.29, 0.717) is 19.3 Å². The molecule has 0 saturated carbocycles. The van der Waals surface area contributed by atoms with Crippen LogP contribution in [0.4, 0.5) is 0 Å². The van der Waals surface area contributed by atoms with Crippen LogP contribution in [0.5, 0.6) is 0 Å². The first-order valence-corrected chi connectivity index (χ1v) is 36.1. The van der Waals surface area contributed by atoms with Crippen molar-refractivity contribution in [3.8, 4) is 0 Å². The molecule has 0 rings (SSSR count). The highest BCUT2D eigenvalue weighted by atomic mass is 16.6. The fourth-order valence-corrected chi connectivity index (χ4v) is 10.5. The molecular weight excluding hydrogens is 1020 g/mol. The van der Waals surface area contributed by atoms with Gasteiger partial charge in [0.05, 0.1) is 0 Å². The van der Waals surface area contributed by atoms with Gasteiger partial charge in [-0.1, -0.05) is 318 Å². The number of unbranched alkanes of at least 4 members (excludes halogenated alkanes) is 41. The van der Waals surface area contributed by atoms with Crippen LogP contribution in [0.3, 0.4) is 0 Å². The van der Waals surface area contributed by atoms with E-state index in [9.17, 15) is 14.4 Å². The SMILES string of the molecule is CC/C=C\C/C=C\C/C=C\C/C=C\CCCCCCCCCCCCC(=O)OC(COC(=O)CCCCCCC/C=C\CCCCCC)COC(=O)CCCCCCCCCCCCCCCCCCC/C=C\C/C=C\CCCCCCC. The lowest BCUT2D eigenvalue weighted by Crippen LogP contribution is -2.30. The third kappa shape index (κ3) is 69.3. The average molecular weight is 1160 g/mol. The third-order valence-corrected chi connectivity index (χ3v) is 15.9. The summed E-state index contributed by atoms with van der Waals surface area (Å²) in [6.45, 7) is 6.54. The molecule has 0 aromatic rings. The number of hydrogen-bond donors (Lipinski definition) is 0. The molecule has 1 unspecified atom stereocenters. The van der Waals surface area contributed by atoms with Gasteiger partial charge in [-0.2, -0.15) is 0 Å². The van der Waals surface area contributed by atoms with Crippen LogP contribution in [0, 0.1) is 0 Å². The summed E-state index contributed by atoms with van der Waals surface area (Å²) in [4.78, 5) is 38.4. The van der Waals surface area contributed by atoms with Crippen molar-refractivity contribution in [1.29, 1.82) is 0 Å². The molecule has 0 aliphatic heterocycles. The maximum absolute atomic E-state index is 13.0. The second-order valence-electron chi connectivity index (χ2n) is 24.1. The van der Waals surface area contributed by atoms with Crippen LogP contribution in [0.15, 0.2) is 85.1 Å². The smallest absolute Gasteiger partial charge is 0.306 e. The first kappa shape index (κ1) is 79.6. The van der Waals surface area contributed by atoms with Gasteiger partial charge in [0.25, 0.3) is 0 Å². The largest absolute Gasteiger partial charge is 0.462 e. The van der Waals surface area contributed by atoms with E-state index in [1.54, 1.807) is 0 Å². The van der Waals surface area contributed by atoms with Gasteiger partial charge >= 0.3 is 17.9 Å². The Hall–Kier alpha value is -3.41. The first-order valence-electron chi connectivity index (χ1n) is 36.1. The Balaban J connectivity index is 4.24. The lowest BCUT2D eigenvalue weighted by atomic mass is 10.0. The van der Waals surface area contributed by atoms with Crippen molar-refractivity contribution in [3.05, 3.63) is 85.1 Å². The molecule has 0 fully saturated rings. The van der Waals surface area contributed by atoms with Crippen molar-refractivity contribution in [3.63, 3.8) is 0 Å². The predicted octanol–water partition coefficient (Wildman–Crippen LogP) is 25.0. The number of hydrogen-bond acceptors (Lipinski definition) is 6. The van der Waals surface area contributed by atoms with E-state index in [2.05, 4.69) is 106 Å². The van der Waals surface area contributed by atoms with E-state index in [0.717, 1.165) is 96.3 Å². The quantitative estimate of drug-likeness (QED) is 0.0261. The van der Waals surface area contributed by atoms with Crippen LogP contribution in [0.25, 0.3) is 0 Å². The molecule has 1 atom stereocenters. The Morgan fingerprint density at radius 3 is 0.759 bits per heavy atom. The van der Waals surface area contributed by atoms with Gasteiger partial charge in [0.1, 0.15) is 13.2 Å². The molecule has 6 heteroatoms. The summed E-state index contributed by atoms with van der Waals surface area (Å²) in [7, 11) is 0. The van der Waals surface area contributed by atoms with Crippen LogP contribution in [0.2, 0.25) is 0 Å². The van der Waals surface area contributed by atoms with Crippen LogP contribution in [-0.4, -0.2) is 37.2 Å². The molecule has 0 radical (unpaired) electrons. The molecule has 480 valence electrons. The van der Waals surface area contributed by atoms with Gasteiger partial charge in [-0.25, -0.2) is 0 Å². The third-order valence-electron chi connectivity index (χ3n) is 15.9. The number of ether oxygens (including phenoxy) is 3. The molecule has 0 heterocycles. The Bertz CT molecular complexity index is 1570. The van der Waals surface area contributed by atoms with Gasteiger partial charge < -0.3 is 14.2 Å². The van der Waals surface area contributed by atoms with Crippen LogP contribution < -0.4 is 0 Å². The highest BCUT2D eigenvalue weighted by Gasteiger charge is 2.19. The van der Waals surface area contributed by atoms with Crippen molar-refractivity contribution < 1.29 is 28.6 Å². The molecule has 0 aromatic heterocycles. The van der Waals surface area contributed by atoms with E-state index in [1.807, 2.05) is 0 Å². The van der Waals surface area contributed by atoms with Crippen LogP contribution in [0.1, 0.15) is 367 Å². The van der Waals surface area contributed by atoms with E-state index in [4.69, 9.17) is 14.2 Å². The molecule has 0 bridgehead atoms. The highest BCUT2D eigenvalue weighted by Crippen LogP contribution is 2.18. The second kappa shape index (κ2) is 71.1. The fraction of sp³-hybridized carbons (Fsp3) is 0.779. The highest BCUT2D eigenvalue weighted by molar-refractivity contribution is 5.71. The molecule has 0 aromatic carbocycles. The van der Waals surface area contributed by atoms with Gasteiger partial charge in [-0.3, -0.25) is 14.4 Å². The monoisotopic (exact) mass is 1160 g/mol. The predicted molar refractivity (Wildman–Crippen MR) is 362 cm³/mol. The molecule has 0 amide bonds. The van der Waals surface area contributed by atoms with E-state index < -0.39 is 6.10 Å². The minimum Gasteiger partial charge on any atom is -0.462 e. The Labute approximate surface area is 515 Å². The summed E-state index contributed by atoms with van der Waals surface area (Å²) in [5.74, 6) is -0.872. The van der Waals surface area contributed by atoms with Gasteiger partial charge in [0.15, 0.2) is 6.10 Å². The maximum atomic E-state index is 13.0. The van der Waals surface area contributed by atoms with E-state index >= 15 is 0 Å². The molecule has 0 N–H and O–H groups in total. The molecule has 83 heavy (non-hydrogen) atoms. The average Bonchev–Trinajstić information content (AvgIpc) is 3.49. The Morgan fingerprint density at radius 1 is 0.253 bits per heavy atom. The van der Waals surface area contributed by atoms with Crippen molar-refractivity contribution in [2.75, 3.05) is 13.2 Å². The summed E-state index contributed by atoms with van der Waals surface area (Å²) in [5.41, 5.74) is 0. The van der Waals surface area contributed by atoms with E-state index in [1.165, 1.54) is 231 Å². The van der Waals surface area contributed by atoms with Gasteiger partial charge in [-0.05, 0) is 116 Å². The topological polar surface area (TPSA) is 78.9 Å². The van der Waals surface area contributed by atoms with Crippen molar-refractivity contribution in [2.45, 2.75) is 374 Å². The summed E-state index contributed by atoms with van der Waals surface area (Å²) >= 11 is 0. The van der Waals surface area contributed by atoms with Crippen LogP contribution >= 0.6 is 0 Å². The maximum Gasteiger partial charge on any atom is 0.306 e. The minimum absolute atomic E-state index is 0.0776. The zero-order valence-electron chi connectivity index (χ0n) is 55.2. The zero-order chi connectivity index (χ0) is 59.9. The summed E-state index contributed by atoms with van der Waals surface area (Å²) in [6, 6.07) is 0. The fourth-order valence-electron chi connectivity index (χ4n) is 10.5. The second-order valence-corrected chi connectivity index (χ2v) is 24.1. The number of esters is 3. The number of carbonyl (C=O) groups excluding carboxylic acids is 3. The normalized spacial score (nSPS) is 12.6. The van der Waals surface area contributed by atoms with Crippen LogP contribution in [-0.2, 0) is 28.6 Å². The standard InChI is InChI=1S/C77H136O6/c1-4-7-10-13-16-19-22-25-27-29-31-33-35-36-37-38-39-40-42-43-45-47-49-52-55-58-61-64-67-70-76(79)82-73-74(72-81-75(78)69-66-63-60-57-54-51-24-21-18-15-12-9-6-3)83-77(80)71-68-65-62-59-56-53-50-48-46-44-41-34-32-30-28-26-23-20-17-14-11-8-5-2/h8,11,17,20-22,24-26,28-29,31-32,34,74H,4-7,9-10,12-16,18-19,23,27,30,33,35-73H2,1-3H3/b11-8-,20-17-,24-21-,25-22-,28-26-,31-29-,34-32-. The lowest BCUT2D eigenvalue weighted by molar-refractivity contribution is -0.167. The van der Waals surface area contributed by atoms with Gasteiger partial charge in [0, 0.05) is 19.3 Å². The molecule has 6 nitrogen and oxygen atoms in total. The summed E-state index contributed by atoms with van der Waals surface area (Å²) in [5, 5.41) is 0. The first-order chi connectivity index (χ1) is 41.0. The number of carbonyl (C=O) groups is 3. The number of rotatable bonds is 66.